The fraction of sp³-hybridized carbons (Fsp3) is 0.345. The van der Waals surface area contributed by atoms with E-state index in [4.69, 9.17) is 9.47 Å². The number of benzene rings is 2. The number of nitrogens with zero attached hydrogens (tertiary/aromatic N) is 2. The summed E-state index contributed by atoms with van der Waals surface area (Å²) in [5.74, 6) is -2.31. The molecule has 198 valence electrons. The Labute approximate surface area is 219 Å². The highest BCUT2D eigenvalue weighted by Gasteiger charge is 2.31. The van der Waals surface area contributed by atoms with E-state index >= 15 is 0 Å². The molecule has 8 heteroatoms. The molecule has 0 fully saturated rings. The highest BCUT2D eigenvalue weighted by molar-refractivity contribution is 6.02. The summed E-state index contributed by atoms with van der Waals surface area (Å²) in [6, 6.07) is 13.5. The Morgan fingerprint density at radius 3 is 1.46 bits per heavy atom. The lowest BCUT2D eigenvalue weighted by molar-refractivity contribution is -0.161. The Morgan fingerprint density at radius 2 is 1.16 bits per heavy atom. The van der Waals surface area contributed by atoms with Gasteiger partial charge < -0.3 is 24.6 Å². The van der Waals surface area contributed by atoms with Gasteiger partial charge in [-0.15, -0.1) is 13.2 Å². The molecular formula is C29H37N3O5. The first-order valence-electron chi connectivity index (χ1n) is 12.3. The molecule has 0 radical (unpaired) electrons. The molecule has 0 heterocycles. The van der Waals surface area contributed by atoms with Crippen molar-refractivity contribution >= 4 is 29.2 Å². The Bertz CT molecular complexity index is 973. The van der Waals surface area contributed by atoms with Gasteiger partial charge in [0.25, 0.3) is 0 Å². The Balaban J connectivity index is 1.97. The number of nitrogens with one attached hydrogen (secondary N) is 1. The molecule has 0 aliphatic carbocycles. The number of hydrogen-bond acceptors (Lipinski definition) is 7. The highest BCUT2D eigenvalue weighted by Crippen LogP contribution is 2.17. The van der Waals surface area contributed by atoms with Crippen LogP contribution in [0.3, 0.4) is 0 Å². The molecule has 0 aromatic heterocycles. The normalized spacial score (nSPS) is 10.4. The van der Waals surface area contributed by atoms with Gasteiger partial charge in [0.1, 0.15) is 13.2 Å². The largest absolute Gasteiger partial charge is 0.459 e. The number of ether oxygens (including phenoxy) is 2. The average Bonchev–Trinajstić information content (AvgIpc) is 2.91. The number of esters is 2. The summed E-state index contributed by atoms with van der Waals surface area (Å²) < 4.78 is 10.6. The highest BCUT2D eigenvalue weighted by atomic mass is 16.6. The van der Waals surface area contributed by atoms with E-state index in [-0.39, 0.29) is 13.2 Å². The van der Waals surface area contributed by atoms with Crippen LogP contribution in [0.25, 0.3) is 0 Å². The average molecular weight is 508 g/mol. The van der Waals surface area contributed by atoms with Gasteiger partial charge in [-0.05, 0) is 49.2 Å². The lowest BCUT2D eigenvalue weighted by Crippen LogP contribution is -2.47. The van der Waals surface area contributed by atoms with E-state index in [1.54, 1.807) is 0 Å². The third-order valence-electron chi connectivity index (χ3n) is 5.65. The van der Waals surface area contributed by atoms with Crippen LogP contribution in [0.1, 0.15) is 31.9 Å². The second-order valence-electron chi connectivity index (χ2n) is 8.34. The summed E-state index contributed by atoms with van der Waals surface area (Å²) in [5.41, 5.74) is 3.54. The van der Waals surface area contributed by atoms with Crippen LogP contribution in [0.2, 0.25) is 0 Å². The van der Waals surface area contributed by atoms with Gasteiger partial charge in [-0.25, -0.2) is 9.59 Å². The summed E-state index contributed by atoms with van der Waals surface area (Å²) in [6.07, 6.45) is 3.67. The third kappa shape index (κ3) is 9.14. The van der Waals surface area contributed by atoms with Gasteiger partial charge >= 0.3 is 11.9 Å². The summed E-state index contributed by atoms with van der Waals surface area (Å²) in [6.45, 7) is 15.9. The van der Waals surface area contributed by atoms with Crippen molar-refractivity contribution in [2.24, 2.45) is 0 Å². The van der Waals surface area contributed by atoms with Crippen molar-refractivity contribution in [2.45, 2.75) is 40.0 Å². The summed E-state index contributed by atoms with van der Waals surface area (Å²) in [4.78, 5) is 41.2. The van der Waals surface area contributed by atoms with Gasteiger partial charge in [-0.1, -0.05) is 36.4 Å². The molecule has 8 nitrogen and oxygen atoms in total. The van der Waals surface area contributed by atoms with Crippen molar-refractivity contribution in [3.63, 3.8) is 0 Å². The monoisotopic (exact) mass is 507 g/mol. The molecule has 1 N–H and O–H groups in total. The topological polar surface area (TPSA) is 88.2 Å². The number of carbonyl (C=O) groups excluding carboxylic acids is 3. The Hall–Kier alpha value is -4.07. The molecule has 0 unspecified atom stereocenters. The van der Waals surface area contributed by atoms with Crippen LogP contribution in [-0.4, -0.2) is 50.1 Å². The minimum Gasteiger partial charge on any atom is -0.459 e. The fourth-order valence-corrected chi connectivity index (χ4v) is 3.64. The molecule has 0 aliphatic rings. The minimum absolute atomic E-state index is 0.0455. The van der Waals surface area contributed by atoms with E-state index in [1.165, 1.54) is 6.92 Å². The summed E-state index contributed by atoms with van der Waals surface area (Å²) in [5, 5.41) is 2.32. The summed E-state index contributed by atoms with van der Waals surface area (Å²) >= 11 is 0. The summed E-state index contributed by atoms with van der Waals surface area (Å²) in [7, 11) is 0. The quantitative estimate of drug-likeness (QED) is 0.221. The maximum Gasteiger partial charge on any atom is 0.340 e. The Morgan fingerprint density at radius 1 is 0.784 bits per heavy atom. The smallest absolute Gasteiger partial charge is 0.340 e. The van der Waals surface area contributed by atoms with E-state index in [1.807, 2.05) is 60.7 Å². The molecule has 0 atom stereocenters. The third-order valence-corrected chi connectivity index (χ3v) is 5.65. The second-order valence-corrected chi connectivity index (χ2v) is 8.34. The van der Waals surface area contributed by atoms with E-state index in [0.717, 1.165) is 48.7 Å². The van der Waals surface area contributed by atoms with Gasteiger partial charge in [0, 0.05) is 44.5 Å². The molecule has 0 spiro atoms. The molecule has 2 aromatic carbocycles. The molecule has 2 rings (SSSR count). The van der Waals surface area contributed by atoms with Crippen LogP contribution in [0.4, 0.5) is 11.4 Å². The first kappa shape index (κ1) is 29.2. The zero-order chi connectivity index (χ0) is 27.2. The maximum atomic E-state index is 12.7. The molecule has 0 bridgehead atoms. The van der Waals surface area contributed by atoms with E-state index in [2.05, 4.69) is 42.1 Å². The number of rotatable bonds is 15. The van der Waals surface area contributed by atoms with Crippen LogP contribution in [-0.2, 0) is 37.1 Å². The van der Waals surface area contributed by atoms with Crippen molar-refractivity contribution in [3.8, 4) is 0 Å². The van der Waals surface area contributed by atoms with Crippen molar-refractivity contribution in [1.82, 2.24) is 5.32 Å². The van der Waals surface area contributed by atoms with Crippen molar-refractivity contribution < 1.29 is 23.9 Å². The van der Waals surface area contributed by atoms with Gasteiger partial charge in [0.2, 0.25) is 11.9 Å². The fourth-order valence-electron chi connectivity index (χ4n) is 3.64. The molecule has 1 amide bonds. The molecule has 0 aliphatic heterocycles. The van der Waals surface area contributed by atoms with Crippen LogP contribution in [0.15, 0.2) is 73.8 Å². The molecule has 2 aromatic rings. The molecule has 0 saturated heterocycles. The lowest BCUT2D eigenvalue weighted by atomic mass is 10.2. The number of anilines is 2. The lowest BCUT2D eigenvalue weighted by Gasteiger charge is -2.21. The first-order valence-corrected chi connectivity index (χ1v) is 12.3. The maximum absolute atomic E-state index is 12.7. The zero-order valence-corrected chi connectivity index (χ0v) is 21.9. The second kappa shape index (κ2) is 15.1. The minimum atomic E-state index is -1.55. The van der Waals surface area contributed by atoms with Crippen LogP contribution in [0.5, 0.6) is 0 Å². The van der Waals surface area contributed by atoms with Crippen molar-refractivity contribution in [2.75, 3.05) is 36.0 Å². The Kier molecular flexibility index (Phi) is 11.9. The van der Waals surface area contributed by atoms with Gasteiger partial charge in [-0.3, -0.25) is 4.79 Å². The number of amides is 1. The SMILES string of the molecule is C=CCN(CC)c1ccc(COC(=O)C(NC(C)=O)C(=O)OCc2ccc(N(CC)CC=C)cc2)cc1. The molecular weight excluding hydrogens is 470 g/mol. The zero-order valence-electron chi connectivity index (χ0n) is 21.9. The number of likely N-dealkylation sites (N-methyl/N-ethyl adjacent to an activating group) is 2. The predicted octanol–water partition coefficient (Wildman–Crippen LogP) is 4.00. The van der Waals surface area contributed by atoms with E-state index in [9.17, 15) is 14.4 Å². The molecule has 0 saturated carbocycles. The van der Waals surface area contributed by atoms with Crippen molar-refractivity contribution in [1.29, 1.82) is 0 Å². The first-order chi connectivity index (χ1) is 17.8. The van der Waals surface area contributed by atoms with Gasteiger partial charge in [0.05, 0.1) is 0 Å². The van der Waals surface area contributed by atoms with Crippen LogP contribution in [0, 0.1) is 0 Å². The predicted molar refractivity (Wildman–Crippen MR) is 146 cm³/mol. The molecule has 37 heavy (non-hydrogen) atoms. The van der Waals surface area contributed by atoms with Crippen LogP contribution < -0.4 is 15.1 Å². The number of carbonyl (C=O) groups is 3. The van der Waals surface area contributed by atoms with Crippen molar-refractivity contribution in [3.05, 3.63) is 85.0 Å². The standard InChI is InChI=1S/C29H37N3O5/c1-6-18-31(8-3)25-14-10-23(11-15-25)20-36-28(34)27(30-22(5)33)29(35)37-21-24-12-16-26(17-13-24)32(9-4)19-7-2/h6-7,10-17,27H,1-2,8-9,18-21H2,3-5H3,(H,30,33). The van der Waals surface area contributed by atoms with Gasteiger partial charge in [-0.2, -0.15) is 0 Å². The van der Waals surface area contributed by atoms with E-state index < -0.39 is 23.9 Å². The van der Waals surface area contributed by atoms with E-state index in [0.29, 0.717) is 0 Å². The van der Waals surface area contributed by atoms with Gasteiger partial charge in [0.15, 0.2) is 0 Å². The number of hydrogen-bond donors (Lipinski definition) is 1. The van der Waals surface area contributed by atoms with Crippen LogP contribution >= 0.6 is 0 Å².